The molecule has 2 heterocycles. The molecule has 1 saturated carbocycles. The molecule has 1 aromatic rings. The first-order valence-corrected chi connectivity index (χ1v) is 8.13. The van der Waals surface area contributed by atoms with Gasteiger partial charge < -0.3 is 15.4 Å². The SMILES string of the molecule is CCCN1CCN(c2ccc(N)c(OCC3CC3)n2)CC1. The minimum absolute atomic E-state index is 0.607. The molecule has 0 atom stereocenters. The largest absolute Gasteiger partial charge is 0.476 e. The van der Waals surface area contributed by atoms with Gasteiger partial charge in [-0.1, -0.05) is 6.92 Å². The van der Waals surface area contributed by atoms with Crippen LogP contribution in [0.5, 0.6) is 5.88 Å². The van der Waals surface area contributed by atoms with Crippen LogP contribution in [0.2, 0.25) is 0 Å². The Kier molecular flexibility index (Phi) is 4.48. The van der Waals surface area contributed by atoms with Crippen molar-refractivity contribution in [3.05, 3.63) is 12.1 Å². The molecule has 5 heteroatoms. The first-order chi connectivity index (χ1) is 10.3. The van der Waals surface area contributed by atoms with E-state index in [4.69, 9.17) is 10.5 Å². The number of rotatable bonds is 6. The lowest BCUT2D eigenvalue weighted by atomic mass is 10.3. The van der Waals surface area contributed by atoms with Gasteiger partial charge in [0.15, 0.2) is 0 Å². The first-order valence-electron chi connectivity index (χ1n) is 8.13. The van der Waals surface area contributed by atoms with Crippen LogP contribution in [0.15, 0.2) is 12.1 Å². The summed E-state index contributed by atoms with van der Waals surface area (Å²) in [5.41, 5.74) is 6.62. The molecule has 2 fully saturated rings. The maximum atomic E-state index is 5.97. The quantitative estimate of drug-likeness (QED) is 0.868. The number of ether oxygens (including phenoxy) is 1. The van der Waals surface area contributed by atoms with Crippen LogP contribution in [0.4, 0.5) is 11.5 Å². The van der Waals surface area contributed by atoms with Gasteiger partial charge in [-0.25, -0.2) is 0 Å². The normalized spacial score (nSPS) is 19.8. The summed E-state index contributed by atoms with van der Waals surface area (Å²) in [6, 6.07) is 3.93. The van der Waals surface area contributed by atoms with Crippen molar-refractivity contribution in [2.75, 3.05) is 50.0 Å². The third kappa shape index (κ3) is 3.79. The Balaban J connectivity index is 1.60. The van der Waals surface area contributed by atoms with Crippen molar-refractivity contribution >= 4 is 11.5 Å². The summed E-state index contributed by atoms with van der Waals surface area (Å²) in [6.07, 6.45) is 3.78. The van der Waals surface area contributed by atoms with E-state index in [1.54, 1.807) is 0 Å². The van der Waals surface area contributed by atoms with Gasteiger partial charge in [0.2, 0.25) is 5.88 Å². The molecule has 2 aliphatic rings. The summed E-state index contributed by atoms with van der Waals surface area (Å²) in [6.45, 7) is 8.45. The highest BCUT2D eigenvalue weighted by atomic mass is 16.5. The van der Waals surface area contributed by atoms with E-state index in [0.29, 0.717) is 17.5 Å². The average molecular weight is 290 g/mol. The molecule has 21 heavy (non-hydrogen) atoms. The number of pyridine rings is 1. The fourth-order valence-electron chi connectivity index (χ4n) is 2.73. The van der Waals surface area contributed by atoms with Gasteiger partial charge in [-0.05, 0) is 43.9 Å². The maximum Gasteiger partial charge on any atom is 0.239 e. The molecule has 1 aliphatic heterocycles. The molecule has 3 rings (SSSR count). The van der Waals surface area contributed by atoms with Crippen molar-refractivity contribution in [3.8, 4) is 5.88 Å². The van der Waals surface area contributed by atoms with E-state index >= 15 is 0 Å². The van der Waals surface area contributed by atoms with Crippen molar-refractivity contribution in [2.24, 2.45) is 5.92 Å². The number of hydrogen-bond donors (Lipinski definition) is 1. The van der Waals surface area contributed by atoms with E-state index in [-0.39, 0.29) is 0 Å². The molecule has 116 valence electrons. The summed E-state index contributed by atoms with van der Waals surface area (Å²) >= 11 is 0. The molecule has 1 aliphatic carbocycles. The Morgan fingerprint density at radius 1 is 1.24 bits per heavy atom. The van der Waals surface area contributed by atoms with Gasteiger partial charge in [-0.3, -0.25) is 4.90 Å². The lowest BCUT2D eigenvalue weighted by molar-refractivity contribution is 0.257. The van der Waals surface area contributed by atoms with Crippen LogP contribution in [0.25, 0.3) is 0 Å². The lowest BCUT2D eigenvalue weighted by Gasteiger charge is -2.35. The Labute approximate surface area is 127 Å². The molecule has 2 N–H and O–H groups in total. The van der Waals surface area contributed by atoms with Crippen molar-refractivity contribution < 1.29 is 4.74 Å². The van der Waals surface area contributed by atoms with Crippen molar-refractivity contribution in [2.45, 2.75) is 26.2 Å². The Hall–Kier alpha value is -1.49. The van der Waals surface area contributed by atoms with E-state index in [1.807, 2.05) is 12.1 Å². The van der Waals surface area contributed by atoms with Crippen molar-refractivity contribution in [3.63, 3.8) is 0 Å². The molecular weight excluding hydrogens is 264 g/mol. The number of hydrogen-bond acceptors (Lipinski definition) is 5. The van der Waals surface area contributed by atoms with Gasteiger partial charge in [0.25, 0.3) is 0 Å². The second kappa shape index (κ2) is 6.52. The molecule has 0 spiro atoms. The maximum absolute atomic E-state index is 5.97. The van der Waals surface area contributed by atoms with Crippen LogP contribution in [-0.2, 0) is 0 Å². The average Bonchev–Trinajstić information content (AvgIpc) is 3.32. The zero-order valence-electron chi connectivity index (χ0n) is 12.9. The smallest absolute Gasteiger partial charge is 0.239 e. The summed E-state index contributed by atoms with van der Waals surface area (Å²) in [5, 5.41) is 0. The molecular formula is C16H26N4O. The summed E-state index contributed by atoms with van der Waals surface area (Å²) in [5.74, 6) is 2.31. The topological polar surface area (TPSA) is 54.6 Å². The molecule has 0 radical (unpaired) electrons. The third-order valence-electron chi connectivity index (χ3n) is 4.26. The van der Waals surface area contributed by atoms with Gasteiger partial charge >= 0.3 is 0 Å². The molecule has 1 aromatic heterocycles. The van der Waals surface area contributed by atoms with E-state index < -0.39 is 0 Å². The summed E-state index contributed by atoms with van der Waals surface area (Å²) in [4.78, 5) is 9.47. The van der Waals surface area contributed by atoms with Gasteiger partial charge in [0.1, 0.15) is 5.82 Å². The summed E-state index contributed by atoms with van der Waals surface area (Å²) < 4.78 is 5.78. The second-order valence-electron chi connectivity index (χ2n) is 6.15. The van der Waals surface area contributed by atoms with Gasteiger partial charge in [0, 0.05) is 26.2 Å². The predicted molar refractivity (Wildman–Crippen MR) is 85.8 cm³/mol. The van der Waals surface area contributed by atoms with E-state index in [1.165, 1.54) is 25.8 Å². The Morgan fingerprint density at radius 3 is 2.67 bits per heavy atom. The summed E-state index contributed by atoms with van der Waals surface area (Å²) in [7, 11) is 0. The number of aromatic nitrogens is 1. The molecule has 0 amide bonds. The highest BCUT2D eigenvalue weighted by molar-refractivity contribution is 5.54. The minimum Gasteiger partial charge on any atom is -0.476 e. The van der Waals surface area contributed by atoms with Gasteiger partial charge in [0.05, 0.1) is 12.3 Å². The molecule has 5 nitrogen and oxygen atoms in total. The molecule has 0 bridgehead atoms. The Bertz CT molecular complexity index is 467. The first kappa shape index (κ1) is 14.4. The van der Waals surface area contributed by atoms with Gasteiger partial charge in [-0.2, -0.15) is 4.98 Å². The van der Waals surface area contributed by atoms with Crippen LogP contribution in [0, 0.1) is 5.92 Å². The fraction of sp³-hybridized carbons (Fsp3) is 0.688. The Morgan fingerprint density at radius 2 is 2.00 bits per heavy atom. The fourth-order valence-corrected chi connectivity index (χ4v) is 2.73. The lowest BCUT2D eigenvalue weighted by Crippen LogP contribution is -2.46. The predicted octanol–water partition coefficient (Wildman–Crippen LogP) is 1.98. The number of nitrogen functional groups attached to an aromatic ring is 1. The zero-order valence-corrected chi connectivity index (χ0v) is 12.9. The number of anilines is 2. The van der Waals surface area contributed by atoms with Crippen molar-refractivity contribution in [1.82, 2.24) is 9.88 Å². The van der Waals surface area contributed by atoms with Crippen LogP contribution in [0.1, 0.15) is 26.2 Å². The number of nitrogens with two attached hydrogens (primary N) is 1. The second-order valence-corrected chi connectivity index (χ2v) is 6.15. The molecule has 1 saturated heterocycles. The highest BCUT2D eigenvalue weighted by Gasteiger charge is 2.23. The monoisotopic (exact) mass is 290 g/mol. The van der Waals surface area contributed by atoms with Crippen LogP contribution < -0.4 is 15.4 Å². The number of piperazine rings is 1. The van der Waals surface area contributed by atoms with E-state index in [0.717, 1.165) is 38.6 Å². The van der Waals surface area contributed by atoms with Crippen LogP contribution >= 0.6 is 0 Å². The zero-order chi connectivity index (χ0) is 14.7. The standard InChI is InChI=1S/C16H26N4O/c1-2-7-19-8-10-20(11-9-19)15-6-5-14(17)16(18-15)21-12-13-3-4-13/h5-6,13H,2-4,7-12,17H2,1H3. The number of nitrogens with zero attached hydrogens (tertiary/aromatic N) is 3. The van der Waals surface area contributed by atoms with Gasteiger partial charge in [-0.15, -0.1) is 0 Å². The van der Waals surface area contributed by atoms with Crippen LogP contribution in [0.3, 0.4) is 0 Å². The molecule has 0 unspecified atom stereocenters. The molecule has 0 aromatic carbocycles. The highest BCUT2D eigenvalue weighted by Crippen LogP contribution is 2.31. The van der Waals surface area contributed by atoms with Crippen LogP contribution in [-0.4, -0.2) is 49.2 Å². The van der Waals surface area contributed by atoms with Crippen molar-refractivity contribution in [1.29, 1.82) is 0 Å². The van der Waals surface area contributed by atoms with E-state index in [2.05, 4.69) is 21.7 Å². The van der Waals surface area contributed by atoms with E-state index in [9.17, 15) is 0 Å². The minimum atomic E-state index is 0.607. The third-order valence-corrected chi connectivity index (χ3v) is 4.26.